The van der Waals surface area contributed by atoms with Crippen LogP contribution in [0.1, 0.15) is 48.0 Å². The zero-order valence-corrected chi connectivity index (χ0v) is 14.5. The standard InChI is InChI=1S/C18H21N3O4/c1-11(2)16-15(12(3)20-25-16)17(22)24-10-6-9-21-14-8-5-4-7-13(14)19-18(21)23/h4-5,7-8,11H,6,9-10H2,1-3H3,(H,19,23). The van der Waals surface area contributed by atoms with Crippen LogP contribution in [0, 0.1) is 6.92 Å². The van der Waals surface area contributed by atoms with Crippen molar-refractivity contribution >= 4 is 17.0 Å². The summed E-state index contributed by atoms with van der Waals surface area (Å²) in [7, 11) is 0. The van der Waals surface area contributed by atoms with Gasteiger partial charge in [-0.3, -0.25) is 4.57 Å². The molecule has 7 heteroatoms. The fourth-order valence-electron chi connectivity index (χ4n) is 2.82. The number of H-pyrrole nitrogens is 1. The molecule has 0 radical (unpaired) electrons. The predicted octanol–water partition coefficient (Wildman–Crippen LogP) is 3.00. The van der Waals surface area contributed by atoms with Crippen molar-refractivity contribution in [1.82, 2.24) is 14.7 Å². The van der Waals surface area contributed by atoms with Gasteiger partial charge in [0.05, 0.1) is 23.3 Å². The Morgan fingerprint density at radius 3 is 2.88 bits per heavy atom. The molecule has 2 aromatic heterocycles. The quantitative estimate of drug-likeness (QED) is 0.549. The maximum absolute atomic E-state index is 12.3. The smallest absolute Gasteiger partial charge is 0.343 e. The molecule has 0 atom stereocenters. The molecule has 0 unspecified atom stereocenters. The molecule has 0 spiro atoms. The number of nitrogens with one attached hydrogen (secondary N) is 1. The topological polar surface area (TPSA) is 90.1 Å². The summed E-state index contributed by atoms with van der Waals surface area (Å²) in [5, 5.41) is 3.85. The zero-order chi connectivity index (χ0) is 18.0. The minimum absolute atomic E-state index is 0.0496. The summed E-state index contributed by atoms with van der Waals surface area (Å²) in [6.45, 7) is 6.26. The molecular formula is C18H21N3O4. The van der Waals surface area contributed by atoms with E-state index in [1.807, 2.05) is 38.1 Å². The fraction of sp³-hybridized carbons (Fsp3) is 0.389. The summed E-state index contributed by atoms with van der Waals surface area (Å²) < 4.78 is 12.2. The average Bonchev–Trinajstić information content (AvgIpc) is 3.11. The third kappa shape index (κ3) is 3.35. The molecule has 0 aliphatic rings. The lowest BCUT2D eigenvalue weighted by Gasteiger charge is -2.07. The normalized spacial score (nSPS) is 11.4. The Kier molecular flexibility index (Phi) is 4.74. The van der Waals surface area contributed by atoms with Crippen LogP contribution >= 0.6 is 0 Å². The van der Waals surface area contributed by atoms with Gasteiger partial charge >= 0.3 is 11.7 Å². The molecule has 0 bridgehead atoms. The highest BCUT2D eigenvalue weighted by atomic mass is 16.5. The lowest BCUT2D eigenvalue weighted by molar-refractivity contribution is 0.0492. The molecule has 1 aromatic carbocycles. The van der Waals surface area contributed by atoms with Crippen LogP contribution in [0.3, 0.4) is 0 Å². The van der Waals surface area contributed by atoms with Gasteiger partial charge in [0.2, 0.25) is 0 Å². The van der Waals surface area contributed by atoms with Gasteiger partial charge in [-0.25, -0.2) is 9.59 Å². The van der Waals surface area contributed by atoms with Crippen molar-refractivity contribution in [2.75, 3.05) is 6.61 Å². The highest BCUT2D eigenvalue weighted by molar-refractivity contribution is 5.91. The van der Waals surface area contributed by atoms with Crippen LogP contribution in [0.15, 0.2) is 33.6 Å². The zero-order valence-electron chi connectivity index (χ0n) is 14.5. The number of imidazole rings is 1. The second-order valence-corrected chi connectivity index (χ2v) is 6.25. The number of rotatable bonds is 6. The lowest BCUT2D eigenvalue weighted by Crippen LogP contribution is -2.18. The number of ether oxygens (including phenoxy) is 1. The number of aryl methyl sites for hydroxylation is 2. The van der Waals surface area contributed by atoms with E-state index >= 15 is 0 Å². The van der Waals surface area contributed by atoms with Crippen LogP contribution in [0.25, 0.3) is 11.0 Å². The number of nitrogens with zero attached hydrogens (tertiary/aromatic N) is 2. The first-order valence-electron chi connectivity index (χ1n) is 8.30. The van der Waals surface area contributed by atoms with Crippen LogP contribution < -0.4 is 5.69 Å². The molecule has 0 saturated carbocycles. The number of aromatic nitrogens is 3. The Morgan fingerprint density at radius 1 is 1.36 bits per heavy atom. The molecule has 7 nitrogen and oxygen atoms in total. The van der Waals surface area contributed by atoms with E-state index in [1.165, 1.54) is 0 Å². The van der Waals surface area contributed by atoms with Gasteiger partial charge in [0.15, 0.2) is 5.76 Å². The van der Waals surface area contributed by atoms with Gasteiger partial charge in [0, 0.05) is 12.5 Å². The van der Waals surface area contributed by atoms with Gasteiger partial charge in [-0.1, -0.05) is 31.1 Å². The third-order valence-electron chi connectivity index (χ3n) is 4.06. The first-order chi connectivity index (χ1) is 12.0. The molecule has 0 fully saturated rings. The van der Waals surface area contributed by atoms with Crippen molar-refractivity contribution in [2.24, 2.45) is 0 Å². The largest absolute Gasteiger partial charge is 0.462 e. The molecule has 132 valence electrons. The second-order valence-electron chi connectivity index (χ2n) is 6.25. The van der Waals surface area contributed by atoms with E-state index in [9.17, 15) is 9.59 Å². The van der Waals surface area contributed by atoms with E-state index in [0.717, 1.165) is 11.0 Å². The summed E-state index contributed by atoms with van der Waals surface area (Å²) in [5.41, 5.74) is 2.41. The maximum atomic E-state index is 12.3. The van der Waals surface area contributed by atoms with Crippen LogP contribution in [-0.4, -0.2) is 27.3 Å². The van der Waals surface area contributed by atoms with Gasteiger partial charge in [-0.15, -0.1) is 0 Å². The third-order valence-corrected chi connectivity index (χ3v) is 4.06. The Bertz CT molecular complexity index is 949. The Morgan fingerprint density at radius 2 is 2.12 bits per heavy atom. The van der Waals surface area contributed by atoms with E-state index < -0.39 is 5.97 Å². The minimum Gasteiger partial charge on any atom is -0.462 e. The predicted molar refractivity (Wildman–Crippen MR) is 92.8 cm³/mol. The van der Waals surface area contributed by atoms with E-state index in [0.29, 0.717) is 30.0 Å². The Balaban J connectivity index is 1.62. The van der Waals surface area contributed by atoms with E-state index in [-0.39, 0.29) is 18.2 Å². The van der Waals surface area contributed by atoms with Crippen molar-refractivity contribution in [3.8, 4) is 0 Å². The van der Waals surface area contributed by atoms with Crippen molar-refractivity contribution in [3.63, 3.8) is 0 Å². The van der Waals surface area contributed by atoms with Gasteiger partial charge in [-0.2, -0.15) is 0 Å². The molecule has 1 N–H and O–H groups in total. The summed E-state index contributed by atoms with van der Waals surface area (Å²) in [5.74, 6) is 0.151. The number of carbonyl (C=O) groups excluding carboxylic acids is 1. The van der Waals surface area contributed by atoms with E-state index in [1.54, 1.807) is 11.5 Å². The van der Waals surface area contributed by atoms with Gasteiger partial charge in [-0.05, 0) is 25.5 Å². The minimum atomic E-state index is -0.436. The van der Waals surface area contributed by atoms with Gasteiger partial charge in [0.25, 0.3) is 0 Å². The van der Waals surface area contributed by atoms with Crippen molar-refractivity contribution < 1.29 is 14.1 Å². The molecule has 0 aliphatic heterocycles. The van der Waals surface area contributed by atoms with E-state index in [2.05, 4.69) is 10.1 Å². The molecular weight excluding hydrogens is 322 g/mol. The molecule has 3 aromatic rings. The van der Waals surface area contributed by atoms with Crippen molar-refractivity contribution in [3.05, 3.63) is 51.8 Å². The number of hydrogen-bond donors (Lipinski definition) is 1. The summed E-state index contributed by atoms with van der Waals surface area (Å²) in [6, 6.07) is 7.50. The Hall–Kier alpha value is -2.83. The fourth-order valence-corrected chi connectivity index (χ4v) is 2.82. The van der Waals surface area contributed by atoms with Gasteiger partial charge in [0.1, 0.15) is 5.56 Å². The second kappa shape index (κ2) is 6.96. The summed E-state index contributed by atoms with van der Waals surface area (Å²) in [6.07, 6.45) is 0.537. The van der Waals surface area contributed by atoms with Crippen LogP contribution in [0.2, 0.25) is 0 Å². The van der Waals surface area contributed by atoms with Crippen LogP contribution in [0.5, 0.6) is 0 Å². The van der Waals surface area contributed by atoms with Crippen molar-refractivity contribution in [1.29, 1.82) is 0 Å². The SMILES string of the molecule is Cc1noc(C(C)C)c1C(=O)OCCCn1c(=O)[nH]c2ccccc21. The molecule has 0 saturated heterocycles. The first kappa shape index (κ1) is 17.0. The number of aromatic amines is 1. The first-order valence-corrected chi connectivity index (χ1v) is 8.30. The Labute approximate surface area is 144 Å². The molecule has 25 heavy (non-hydrogen) atoms. The molecule has 0 aliphatic carbocycles. The number of carbonyl (C=O) groups is 1. The van der Waals surface area contributed by atoms with Crippen LogP contribution in [-0.2, 0) is 11.3 Å². The van der Waals surface area contributed by atoms with E-state index in [4.69, 9.17) is 9.26 Å². The highest BCUT2D eigenvalue weighted by Crippen LogP contribution is 2.23. The number of para-hydroxylation sites is 2. The number of hydrogen-bond acceptors (Lipinski definition) is 5. The summed E-state index contributed by atoms with van der Waals surface area (Å²) in [4.78, 5) is 27.1. The van der Waals surface area contributed by atoms with Gasteiger partial charge < -0.3 is 14.2 Å². The molecule has 2 heterocycles. The average molecular weight is 343 g/mol. The maximum Gasteiger partial charge on any atom is 0.343 e. The molecule has 0 amide bonds. The molecule has 3 rings (SSSR count). The summed E-state index contributed by atoms with van der Waals surface area (Å²) >= 11 is 0. The highest BCUT2D eigenvalue weighted by Gasteiger charge is 2.23. The number of esters is 1. The number of fused-ring (bicyclic) bond motifs is 1. The monoisotopic (exact) mass is 343 g/mol. The van der Waals surface area contributed by atoms with Crippen molar-refractivity contribution in [2.45, 2.75) is 39.7 Å². The lowest BCUT2D eigenvalue weighted by atomic mass is 10.1. The van der Waals surface area contributed by atoms with Crippen LogP contribution in [0.4, 0.5) is 0 Å². The number of benzene rings is 1.